The molecule has 400 valence electrons. The zero-order chi connectivity index (χ0) is 54.9. The van der Waals surface area contributed by atoms with Crippen LogP contribution >= 0.6 is 0 Å². The Bertz CT molecular complexity index is 3810. The summed E-state index contributed by atoms with van der Waals surface area (Å²) in [5.41, 5.74) is 14.9. The van der Waals surface area contributed by atoms with Crippen molar-refractivity contribution >= 4 is 70.1 Å². The van der Waals surface area contributed by atoms with Crippen LogP contribution in [-0.4, -0.2) is 29.1 Å². The first kappa shape index (κ1) is 55.3. The molecule has 11 heteroatoms. The summed E-state index contributed by atoms with van der Waals surface area (Å²) in [5, 5.41) is 8.73. The van der Waals surface area contributed by atoms with Gasteiger partial charge in [0.2, 0.25) is 0 Å². The molecule has 6 heterocycles. The summed E-state index contributed by atoms with van der Waals surface area (Å²) in [6, 6.07) is 48.2. The van der Waals surface area contributed by atoms with Crippen LogP contribution in [0.25, 0.3) is 49.8 Å². The zero-order valence-electron chi connectivity index (χ0n) is 46.8. The second-order valence-electron chi connectivity index (χ2n) is 23.1. The third kappa shape index (κ3) is 11.6. The van der Waals surface area contributed by atoms with Crippen molar-refractivity contribution in [3.8, 4) is 28.7 Å². The fourth-order valence-corrected chi connectivity index (χ4v) is 10.1. The topological polar surface area (TPSA) is 70.5 Å². The Morgan fingerprint density at radius 2 is 1.16 bits per heavy atom. The van der Waals surface area contributed by atoms with Crippen molar-refractivity contribution in [1.29, 1.82) is 0 Å². The van der Waals surface area contributed by atoms with Crippen molar-refractivity contribution in [2.75, 3.05) is 9.80 Å². The molecule has 0 saturated carbocycles. The van der Waals surface area contributed by atoms with Crippen molar-refractivity contribution in [2.45, 2.75) is 78.6 Å². The van der Waals surface area contributed by atoms with Crippen LogP contribution in [0.15, 0.2) is 207 Å². The van der Waals surface area contributed by atoms with Gasteiger partial charge in [0.05, 0.1) is 0 Å². The van der Waals surface area contributed by atoms with Crippen molar-refractivity contribution in [3.05, 3.63) is 253 Å². The summed E-state index contributed by atoms with van der Waals surface area (Å²) < 4.78 is 9.15. The third-order valence-corrected chi connectivity index (χ3v) is 14.4. The number of nitrogens with zero attached hydrogens (tertiary/aromatic N) is 5. The van der Waals surface area contributed by atoms with E-state index < -0.39 is 0 Å². The van der Waals surface area contributed by atoms with Crippen LogP contribution in [-0.2, 0) is 37.3 Å². The number of pyridine rings is 2. The Morgan fingerprint density at radius 3 is 1.80 bits per heavy atom. The number of nitrogens with one attached hydrogen (secondary N) is 2. The second kappa shape index (κ2) is 23.0. The molecule has 2 N–H and O–H groups in total. The second-order valence-corrected chi connectivity index (χ2v) is 23.1. The summed E-state index contributed by atoms with van der Waals surface area (Å²) in [7, 11) is 4.38. The summed E-state index contributed by atoms with van der Waals surface area (Å²) >= 11 is 0. The molecule has 8 nitrogen and oxygen atoms in total. The van der Waals surface area contributed by atoms with Gasteiger partial charge in [-0.2, -0.15) is 23.9 Å². The molecule has 0 spiro atoms. The Labute approximate surface area is 488 Å². The number of ether oxygens (including phenoxy) is 1. The molecule has 3 aliphatic rings. The average Bonchev–Trinajstić information content (AvgIpc) is 3.99. The molecular formula is C69H64B2N7OPt-3. The van der Waals surface area contributed by atoms with E-state index in [2.05, 4.69) is 248 Å². The fourth-order valence-electron chi connectivity index (χ4n) is 10.1. The largest absolute Gasteiger partial charge is 0.503 e. The standard InChI is InChI=1S/C69H64B2N7O.Pt/c1-67(2,3)48-27-30-60-54(39-48)53-29-28-52(45-63(53)78(60)64-42-49(31-38-74-64)68(4,5)6)79-65-44-51(43-59(75-65)47-21-11-10-12-22-47)76-46-77(62-26-14-13-25-61(62)76)66-55(57-23-19-36-72-34-17-15-32-70-57)40-50(69(7,8)9)41-56(66)58-24-20-37-73-35-18-16-33-71-58;/h10-43,46,72-73H,1-9H3;/q-3;/b32-15-,33-16-,34-17-,35-18-,36-19-,37-20-,57-23-,58-24-;. The van der Waals surface area contributed by atoms with Gasteiger partial charge in [-0.15, -0.1) is 36.1 Å². The van der Waals surface area contributed by atoms with E-state index in [4.69, 9.17) is 14.7 Å². The van der Waals surface area contributed by atoms with Crippen LogP contribution in [0.4, 0.5) is 22.7 Å². The van der Waals surface area contributed by atoms with Crippen LogP contribution in [0.3, 0.4) is 0 Å². The maximum atomic E-state index is 6.94. The van der Waals surface area contributed by atoms with E-state index in [0.29, 0.717) is 11.6 Å². The molecule has 5 aromatic carbocycles. The van der Waals surface area contributed by atoms with Crippen LogP contribution in [0.2, 0.25) is 0 Å². The normalized spacial score (nSPS) is 18.3. The van der Waals surface area contributed by atoms with Gasteiger partial charge < -0.3 is 29.7 Å². The molecule has 0 fully saturated rings. The molecule has 3 aliphatic heterocycles. The Kier molecular flexibility index (Phi) is 15.9. The summed E-state index contributed by atoms with van der Waals surface area (Å²) in [6.07, 6.45) is 26.2. The van der Waals surface area contributed by atoms with Gasteiger partial charge in [0.25, 0.3) is 0 Å². The molecule has 11 rings (SSSR count). The van der Waals surface area contributed by atoms with E-state index in [1.54, 1.807) is 0 Å². The molecule has 0 bridgehead atoms. The molecule has 3 aromatic heterocycles. The van der Waals surface area contributed by atoms with E-state index in [1.165, 1.54) is 16.7 Å². The van der Waals surface area contributed by atoms with E-state index in [0.717, 1.165) is 83.7 Å². The van der Waals surface area contributed by atoms with Crippen LogP contribution in [0.5, 0.6) is 11.6 Å². The Hall–Kier alpha value is -8.06. The van der Waals surface area contributed by atoms with Gasteiger partial charge in [-0.25, -0.2) is 4.98 Å². The van der Waals surface area contributed by atoms with E-state index in [1.807, 2.05) is 79.6 Å². The molecule has 0 atom stereocenters. The van der Waals surface area contributed by atoms with Crippen molar-refractivity contribution < 1.29 is 25.8 Å². The minimum absolute atomic E-state index is 0. The molecular weight excluding hydrogens is 1160 g/mol. The van der Waals surface area contributed by atoms with E-state index in [9.17, 15) is 0 Å². The molecule has 2 radical (unpaired) electrons. The summed E-state index contributed by atoms with van der Waals surface area (Å²) in [5.74, 6) is 5.83. The fraction of sp³-hybridized carbons (Fsp3) is 0.174. The van der Waals surface area contributed by atoms with E-state index in [-0.39, 0.29) is 37.3 Å². The monoisotopic (exact) mass is 1220 g/mol. The number of hydrogen-bond donors (Lipinski definition) is 2. The van der Waals surface area contributed by atoms with E-state index >= 15 is 0 Å². The number of aromatic nitrogens is 3. The van der Waals surface area contributed by atoms with Gasteiger partial charge in [-0.3, -0.25) is 4.98 Å². The number of benzene rings is 5. The summed E-state index contributed by atoms with van der Waals surface area (Å²) in [6.45, 7) is 22.5. The Morgan fingerprint density at radius 1 is 0.562 bits per heavy atom. The van der Waals surface area contributed by atoms with Gasteiger partial charge in [-0.1, -0.05) is 158 Å². The number of para-hydroxylation sites is 2. The number of rotatable bonds is 8. The SMILES string of the molecule is CC(C)(C)c1ccnc(-n2c3[c-]c(Oc4[c-]c(N5[CH-]N(c6c(/C7=C/C=C\N/C=C\C=C/[B]7)cc(C(C)(C)C)cc6/C6=C/C=C\N/C=C\C=C/[B]6)c6ccccc65)cc(-c5ccccc5)n4)ccc3c3cc(C(C)(C)C)ccc32)c1.[Pt]. The van der Waals surface area contributed by atoms with Gasteiger partial charge in [-0.05, 0) is 127 Å². The third-order valence-electron chi connectivity index (χ3n) is 14.4. The van der Waals surface area contributed by atoms with Crippen molar-refractivity contribution in [2.24, 2.45) is 0 Å². The molecule has 80 heavy (non-hydrogen) atoms. The Balaban J connectivity index is 0.00000720. The molecule has 0 aliphatic carbocycles. The number of anilines is 4. The van der Waals surface area contributed by atoms with Gasteiger partial charge >= 0.3 is 0 Å². The van der Waals surface area contributed by atoms with Crippen molar-refractivity contribution in [1.82, 2.24) is 25.2 Å². The molecule has 0 amide bonds. The number of hydrogen-bond acceptors (Lipinski definition) is 7. The smallest absolute Gasteiger partial charge is 0.182 e. The number of fused-ring (bicyclic) bond motifs is 4. The van der Waals surface area contributed by atoms with Crippen LogP contribution < -0.4 is 25.2 Å². The average molecular weight is 1220 g/mol. The van der Waals surface area contributed by atoms with Gasteiger partial charge in [0.1, 0.15) is 11.7 Å². The minimum atomic E-state index is -0.182. The first-order valence-corrected chi connectivity index (χ1v) is 27.0. The van der Waals surface area contributed by atoms with Crippen LogP contribution in [0.1, 0.15) is 90.1 Å². The number of allylic oxidation sites excluding steroid dienone is 8. The van der Waals surface area contributed by atoms with Crippen molar-refractivity contribution in [3.63, 3.8) is 0 Å². The van der Waals surface area contributed by atoms with Gasteiger partial charge in [0.15, 0.2) is 14.6 Å². The van der Waals surface area contributed by atoms with Gasteiger partial charge in [0, 0.05) is 80.4 Å². The quantitative estimate of drug-likeness (QED) is 0.116. The zero-order valence-corrected chi connectivity index (χ0v) is 49.1. The minimum Gasteiger partial charge on any atom is -0.503 e. The predicted octanol–water partition coefficient (Wildman–Crippen LogP) is 16.3. The molecule has 0 unspecified atom stereocenters. The predicted molar refractivity (Wildman–Crippen MR) is 332 cm³/mol. The molecule has 0 saturated heterocycles. The first-order chi connectivity index (χ1) is 38.1. The maximum absolute atomic E-state index is 6.94. The summed E-state index contributed by atoms with van der Waals surface area (Å²) in [4.78, 5) is 14.7. The molecule has 8 aromatic rings. The maximum Gasteiger partial charge on any atom is 0.182 e. The first-order valence-electron chi connectivity index (χ1n) is 27.0. The van der Waals surface area contributed by atoms with Crippen LogP contribution in [0, 0.1) is 18.8 Å².